The molecule has 2 aromatic heterocycles. The number of aromatic nitrogens is 2. The van der Waals surface area contributed by atoms with Crippen molar-refractivity contribution in [2.24, 2.45) is 0 Å². The van der Waals surface area contributed by atoms with Crippen LogP contribution in [0, 0.1) is 0 Å². The average Bonchev–Trinajstić information content (AvgIpc) is 3.99. The van der Waals surface area contributed by atoms with E-state index in [1.807, 2.05) is 11.0 Å². The normalized spacial score (nSPS) is 17.7. The number of alkyl halides is 2. The van der Waals surface area contributed by atoms with Crippen LogP contribution < -0.4 is 10.6 Å². The molecule has 3 aliphatic rings. The molecule has 2 aromatic carbocycles. The summed E-state index contributed by atoms with van der Waals surface area (Å²) in [5.74, 6) is -1.42. The molecule has 2 aliphatic heterocycles. The lowest BCUT2D eigenvalue weighted by molar-refractivity contribution is -0.144. The van der Waals surface area contributed by atoms with E-state index in [1.165, 1.54) is 0 Å². The number of amides is 2. The molecule has 14 heteroatoms. The Balaban J connectivity index is 1.06. The molecule has 1 saturated heterocycles. The summed E-state index contributed by atoms with van der Waals surface area (Å²) in [6.07, 6.45) is 5.83. The Morgan fingerprint density at radius 2 is 1.49 bits per heavy atom. The first kappa shape index (κ1) is 36.9. The summed E-state index contributed by atoms with van der Waals surface area (Å²) in [6.45, 7) is 1.69. The van der Waals surface area contributed by atoms with Crippen molar-refractivity contribution >= 4 is 52.4 Å². The topological polar surface area (TPSA) is 128 Å². The summed E-state index contributed by atoms with van der Waals surface area (Å²) in [7, 11) is 0. The zero-order valence-electron chi connectivity index (χ0n) is 28.8. The molecule has 1 aliphatic carbocycles. The highest BCUT2D eigenvalue weighted by Gasteiger charge is 2.32. The summed E-state index contributed by atoms with van der Waals surface area (Å²) >= 11 is 13.7. The zero-order chi connectivity index (χ0) is 37.2. The summed E-state index contributed by atoms with van der Waals surface area (Å²) < 4.78 is 25.7. The number of halogens is 4. The van der Waals surface area contributed by atoms with E-state index in [0.29, 0.717) is 67.4 Å². The maximum Gasteiger partial charge on any atom is 0.320 e. The van der Waals surface area contributed by atoms with Crippen LogP contribution in [-0.4, -0.2) is 74.8 Å². The van der Waals surface area contributed by atoms with Crippen LogP contribution in [0.1, 0.15) is 81.3 Å². The number of carbonyl (C=O) groups is 3. The molecule has 0 bridgehead atoms. The van der Waals surface area contributed by atoms with Gasteiger partial charge in [0, 0.05) is 43.2 Å². The van der Waals surface area contributed by atoms with E-state index in [2.05, 4.69) is 20.6 Å². The predicted octanol–water partition coefficient (Wildman–Crippen LogP) is 7.89. The molecule has 10 nitrogen and oxygen atoms in total. The number of anilines is 2. The minimum absolute atomic E-state index is 0.178. The fraction of sp³-hybridized carbons (Fsp3) is 0.359. The molecule has 2 fully saturated rings. The molecule has 3 N–H and O–H groups in total. The van der Waals surface area contributed by atoms with Gasteiger partial charge < -0.3 is 15.7 Å². The van der Waals surface area contributed by atoms with E-state index in [9.17, 15) is 28.3 Å². The number of piperidine rings is 1. The molecule has 1 unspecified atom stereocenters. The number of nitrogens with one attached hydrogen (secondary N) is 2. The quantitative estimate of drug-likeness (QED) is 0.141. The Bertz CT molecular complexity index is 2060. The van der Waals surface area contributed by atoms with Crippen molar-refractivity contribution in [1.82, 2.24) is 19.8 Å². The van der Waals surface area contributed by atoms with Crippen molar-refractivity contribution < 1.29 is 28.3 Å². The molecule has 7 rings (SSSR count). The second-order valence-electron chi connectivity index (χ2n) is 13.8. The van der Waals surface area contributed by atoms with Crippen LogP contribution in [0.25, 0.3) is 11.1 Å². The largest absolute Gasteiger partial charge is 0.480 e. The standard InChI is InChI=1S/C39H38Cl2F2N6O4/c40-35-26(5-3-7-29(35)46-37(50)31-15-23-12-14-48(21-34(42)43)19-24(23)17-44-31)27-6-4-8-30(36(27)41)47-38(51)32-16-28(22-10-11-22)25(18-45-32)20-49-13-2-1-9-33(49)39(52)53/h3-8,15-18,22,33-34H,1-2,9-14,19-21H2,(H,46,50)(H,47,51)(H,52,53). The summed E-state index contributed by atoms with van der Waals surface area (Å²) in [4.78, 5) is 51.1. The third kappa shape index (κ3) is 8.36. The highest BCUT2D eigenvalue weighted by Crippen LogP contribution is 2.43. The number of likely N-dealkylation sites (tertiary alicyclic amines) is 1. The van der Waals surface area contributed by atoms with Gasteiger partial charge in [-0.25, -0.2) is 8.78 Å². The number of nitrogens with zero attached hydrogens (tertiary/aromatic N) is 4. The Morgan fingerprint density at radius 1 is 0.849 bits per heavy atom. The second-order valence-corrected chi connectivity index (χ2v) is 14.6. The van der Waals surface area contributed by atoms with Crippen LogP contribution in [0.2, 0.25) is 10.0 Å². The molecule has 53 heavy (non-hydrogen) atoms. The molecule has 2 amide bonds. The third-order valence-electron chi connectivity index (χ3n) is 10.1. The number of hydrogen-bond acceptors (Lipinski definition) is 7. The van der Waals surface area contributed by atoms with Crippen LogP contribution in [0.5, 0.6) is 0 Å². The van der Waals surface area contributed by atoms with Crippen LogP contribution in [-0.2, 0) is 24.3 Å². The number of rotatable bonds is 11. The van der Waals surface area contributed by atoms with Crippen molar-refractivity contribution in [3.05, 3.63) is 105 Å². The van der Waals surface area contributed by atoms with Gasteiger partial charge in [0.15, 0.2) is 0 Å². The number of carboxylic acid groups (broad SMARTS) is 1. The van der Waals surface area contributed by atoms with Gasteiger partial charge in [0.1, 0.15) is 17.4 Å². The van der Waals surface area contributed by atoms with E-state index in [4.69, 9.17) is 23.2 Å². The fourth-order valence-electron chi connectivity index (χ4n) is 7.23. The number of benzene rings is 2. The summed E-state index contributed by atoms with van der Waals surface area (Å²) in [5, 5.41) is 15.9. The van der Waals surface area contributed by atoms with E-state index >= 15 is 0 Å². The predicted molar refractivity (Wildman–Crippen MR) is 199 cm³/mol. The van der Waals surface area contributed by atoms with E-state index in [1.54, 1.807) is 59.8 Å². The van der Waals surface area contributed by atoms with Crippen molar-refractivity contribution in [1.29, 1.82) is 0 Å². The van der Waals surface area contributed by atoms with Gasteiger partial charge in [-0.2, -0.15) is 0 Å². The van der Waals surface area contributed by atoms with Gasteiger partial charge in [0.2, 0.25) is 0 Å². The van der Waals surface area contributed by atoms with Gasteiger partial charge in [-0.3, -0.25) is 34.2 Å². The van der Waals surface area contributed by atoms with Crippen molar-refractivity contribution in [2.45, 2.75) is 70.0 Å². The van der Waals surface area contributed by atoms with Gasteiger partial charge >= 0.3 is 5.97 Å². The Hall–Kier alpha value is -4.49. The molecule has 1 saturated carbocycles. The van der Waals surface area contributed by atoms with Crippen LogP contribution in [0.3, 0.4) is 0 Å². The lowest BCUT2D eigenvalue weighted by atomic mass is 9.99. The number of fused-ring (bicyclic) bond motifs is 1. The van der Waals surface area contributed by atoms with Crippen molar-refractivity contribution in [2.75, 3.05) is 30.3 Å². The van der Waals surface area contributed by atoms with Gasteiger partial charge in [-0.1, -0.05) is 53.9 Å². The van der Waals surface area contributed by atoms with Crippen molar-refractivity contribution in [3.63, 3.8) is 0 Å². The second kappa shape index (κ2) is 15.9. The van der Waals surface area contributed by atoms with Gasteiger partial charge in [0.05, 0.1) is 28.0 Å². The minimum atomic E-state index is -2.42. The average molecular weight is 764 g/mol. The van der Waals surface area contributed by atoms with Gasteiger partial charge in [-0.05, 0) is 91.1 Å². The maximum absolute atomic E-state index is 13.5. The summed E-state index contributed by atoms with van der Waals surface area (Å²) in [6, 6.07) is 13.3. The SMILES string of the molecule is O=C(Nc1cccc(-c2cccc(NC(=O)c3cc(C4CC4)c(CN4CCCCC4C(=O)O)cn3)c2Cl)c1Cl)c1cc2c(cn1)CN(CC(F)F)CC2. The van der Waals surface area contributed by atoms with Crippen LogP contribution in [0.15, 0.2) is 60.9 Å². The van der Waals surface area contributed by atoms with Crippen molar-refractivity contribution in [3.8, 4) is 11.1 Å². The molecule has 276 valence electrons. The molecule has 1 atom stereocenters. The molecule has 0 spiro atoms. The number of pyridine rings is 2. The number of carbonyl (C=O) groups excluding carboxylic acids is 2. The molecule has 0 radical (unpaired) electrons. The first-order chi connectivity index (χ1) is 25.5. The molecular formula is C39H38Cl2F2N6O4. The van der Waals surface area contributed by atoms with Gasteiger partial charge in [0.25, 0.3) is 18.2 Å². The zero-order valence-corrected chi connectivity index (χ0v) is 30.3. The Labute approximate surface area is 315 Å². The van der Waals surface area contributed by atoms with Crippen LogP contribution in [0.4, 0.5) is 20.2 Å². The van der Waals surface area contributed by atoms with E-state index < -0.39 is 30.3 Å². The molecule has 4 heterocycles. The first-order valence-electron chi connectivity index (χ1n) is 17.7. The Morgan fingerprint density at radius 3 is 2.11 bits per heavy atom. The fourth-order valence-corrected chi connectivity index (χ4v) is 7.78. The number of hydrogen-bond donors (Lipinski definition) is 3. The van der Waals surface area contributed by atoms with E-state index in [0.717, 1.165) is 47.9 Å². The lowest BCUT2D eigenvalue weighted by Gasteiger charge is -2.33. The van der Waals surface area contributed by atoms with Gasteiger partial charge in [-0.15, -0.1) is 0 Å². The smallest absolute Gasteiger partial charge is 0.320 e. The van der Waals surface area contributed by atoms with E-state index in [-0.39, 0.29) is 28.0 Å². The highest BCUT2D eigenvalue weighted by atomic mass is 35.5. The Kier molecular flexibility index (Phi) is 11.0. The molecule has 4 aromatic rings. The monoisotopic (exact) mass is 762 g/mol. The number of carboxylic acids is 1. The maximum atomic E-state index is 13.5. The molecular weight excluding hydrogens is 725 g/mol. The lowest BCUT2D eigenvalue weighted by Crippen LogP contribution is -2.44. The minimum Gasteiger partial charge on any atom is -0.480 e. The number of aliphatic carboxylic acids is 1. The third-order valence-corrected chi connectivity index (χ3v) is 10.9. The summed E-state index contributed by atoms with van der Waals surface area (Å²) in [5.41, 5.74) is 5.82. The highest BCUT2D eigenvalue weighted by molar-refractivity contribution is 6.40. The first-order valence-corrected chi connectivity index (χ1v) is 18.5. The van der Waals surface area contributed by atoms with Crippen LogP contribution >= 0.6 is 23.2 Å².